The molecule has 0 aromatic rings. The molecule has 0 radical (unpaired) electrons. The monoisotopic (exact) mass is 398 g/mol. The second-order valence-electron chi connectivity index (χ2n) is 9.83. The fraction of sp³-hybridized carbons (Fsp3) is 0.913. The Morgan fingerprint density at radius 3 is 1.93 bits per heavy atom. The molecule has 28 heavy (non-hydrogen) atoms. The van der Waals surface area contributed by atoms with Gasteiger partial charge in [-0.1, -0.05) is 41.5 Å². The first kappa shape index (κ1) is 24.9. The van der Waals surface area contributed by atoms with Gasteiger partial charge < -0.3 is 14.2 Å². The standard InChI is InChI=1S/C23H42O5/c1-16(2)12-21(24)26-14-20(28-22(25)13-17(3)4)15-27-23(7)10-8-19(9-11-23)18(5)6/h16-20H,8-15H2,1-7H3. The van der Waals surface area contributed by atoms with E-state index in [1.807, 2.05) is 27.7 Å². The lowest BCUT2D eigenvalue weighted by molar-refractivity contribution is -0.170. The summed E-state index contributed by atoms with van der Waals surface area (Å²) in [6.45, 7) is 14.9. The van der Waals surface area contributed by atoms with Gasteiger partial charge in [0.15, 0.2) is 6.10 Å². The molecular weight excluding hydrogens is 356 g/mol. The second-order valence-corrected chi connectivity index (χ2v) is 9.83. The lowest BCUT2D eigenvalue weighted by atomic mass is 9.75. The number of ether oxygens (including phenoxy) is 3. The Labute approximate surface area is 171 Å². The lowest BCUT2D eigenvalue weighted by Gasteiger charge is -2.39. The molecule has 1 rings (SSSR count). The predicted molar refractivity (Wildman–Crippen MR) is 111 cm³/mol. The van der Waals surface area contributed by atoms with Gasteiger partial charge in [-0.2, -0.15) is 0 Å². The van der Waals surface area contributed by atoms with Gasteiger partial charge in [-0.15, -0.1) is 0 Å². The number of esters is 2. The maximum Gasteiger partial charge on any atom is 0.306 e. The van der Waals surface area contributed by atoms with E-state index in [0.29, 0.717) is 18.8 Å². The van der Waals surface area contributed by atoms with Crippen molar-refractivity contribution in [2.45, 2.75) is 98.7 Å². The molecular formula is C23H42O5. The van der Waals surface area contributed by atoms with Gasteiger partial charge in [-0.3, -0.25) is 9.59 Å². The Morgan fingerprint density at radius 2 is 1.43 bits per heavy atom. The zero-order chi connectivity index (χ0) is 21.3. The first-order valence-electron chi connectivity index (χ1n) is 11.0. The van der Waals surface area contributed by atoms with Crippen LogP contribution in [0.1, 0.15) is 87.0 Å². The molecule has 5 heteroatoms. The van der Waals surface area contributed by atoms with Gasteiger partial charge in [-0.05, 0) is 56.3 Å². The van der Waals surface area contributed by atoms with Crippen molar-refractivity contribution in [3.8, 4) is 0 Å². The maximum atomic E-state index is 12.1. The van der Waals surface area contributed by atoms with Crippen molar-refractivity contribution in [1.82, 2.24) is 0 Å². The Hall–Kier alpha value is -1.10. The van der Waals surface area contributed by atoms with E-state index in [4.69, 9.17) is 14.2 Å². The van der Waals surface area contributed by atoms with Crippen LogP contribution in [0.25, 0.3) is 0 Å². The average molecular weight is 399 g/mol. The lowest BCUT2D eigenvalue weighted by Crippen LogP contribution is -2.39. The van der Waals surface area contributed by atoms with Crippen LogP contribution in [0.3, 0.4) is 0 Å². The van der Waals surface area contributed by atoms with Gasteiger partial charge in [0.1, 0.15) is 6.61 Å². The molecule has 0 saturated heterocycles. The minimum absolute atomic E-state index is 0.0556. The third kappa shape index (κ3) is 9.90. The van der Waals surface area contributed by atoms with Crippen molar-refractivity contribution in [2.24, 2.45) is 23.7 Å². The zero-order valence-corrected chi connectivity index (χ0v) is 19.1. The summed E-state index contributed by atoms with van der Waals surface area (Å²) in [7, 11) is 0. The third-order valence-electron chi connectivity index (χ3n) is 5.53. The number of carbonyl (C=O) groups is 2. The van der Waals surface area contributed by atoms with Crippen LogP contribution < -0.4 is 0 Å². The molecule has 0 aromatic heterocycles. The van der Waals surface area contributed by atoms with Crippen molar-refractivity contribution in [2.75, 3.05) is 13.2 Å². The van der Waals surface area contributed by atoms with E-state index in [-0.39, 0.29) is 42.6 Å². The van der Waals surface area contributed by atoms with Crippen molar-refractivity contribution >= 4 is 11.9 Å². The summed E-state index contributed by atoms with van der Waals surface area (Å²) in [5.74, 6) is 1.39. The molecule has 1 aliphatic rings. The number of rotatable bonds is 11. The average Bonchev–Trinajstić information content (AvgIpc) is 2.56. The van der Waals surface area contributed by atoms with Gasteiger partial charge in [0.05, 0.1) is 12.2 Å². The molecule has 0 amide bonds. The summed E-state index contributed by atoms with van der Waals surface area (Å²) in [5, 5.41) is 0. The highest BCUT2D eigenvalue weighted by Crippen LogP contribution is 2.37. The summed E-state index contributed by atoms with van der Waals surface area (Å²) >= 11 is 0. The molecule has 1 saturated carbocycles. The SMILES string of the molecule is CC(C)CC(=O)OCC(COC1(C)CCC(C(C)C)CC1)OC(=O)CC(C)C. The van der Waals surface area contributed by atoms with E-state index >= 15 is 0 Å². The molecule has 1 aliphatic carbocycles. The summed E-state index contributed by atoms with van der Waals surface area (Å²) < 4.78 is 17.1. The van der Waals surface area contributed by atoms with Gasteiger partial charge >= 0.3 is 11.9 Å². The van der Waals surface area contributed by atoms with Gasteiger partial charge in [0.2, 0.25) is 0 Å². The maximum absolute atomic E-state index is 12.1. The molecule has 1 atom stereocenters. The molecule has 1 unspecified atom stereocenters. The van der Waals surface area contributed by atoms with Crippen LogP contribution in [0.2, 0.25) is 0 Å². The highest BCUT2D eigenvalue weighted by molar-refractivity contribution is 5.70. The molecule has 164 valence electrons. The minimum atomic E-state index is -0.554. The summed E-state index contributed by atoms with van der Waals surface area (Å²) in [4.78, 5) is 24.0. The normalized spacial score (nSPS) is 23.9. The van der Waals surface area contributed by atoms with Crippen LogP contribution in [0.5, 0.6) is 0 Å². The van der Waals surface area contributed by atoms with Crippen molar-refractivity contribution in [3.63, 3.8) is 0 Å². The fourth-order valence-corrected chi connectivity index (χ4v) is 3.62. The van der Waals surface area contributed by atoms with Crippen LogP contribution in [-0.2, 0) is 23.8 Å². The summed E-state index contributed by atoms with van der Waals surface area (Å²) in [6.07, 6.45) is 4.50. The van der Waals surface area contributed by atoms with E-state index in [0.717, 1.165) is 31.6 Å². The van der Waals surface area contributed by atoms with Gasteiger partial charge in [0.25, 0.3) is 0 Å². The van der Waals surface area contributed by atoms with E-state index in [9.17, 15) is 9.59 Å². The van der Waals surface area contributed by atoms with Crippen LogP contribution in [0, 0.1) is 23.7 Å². The van der Waals surface area contributed by atoms with Crippen LogP contribution in [-0.4, -0.2) is 36.9 Å². The Balaban J connectivity index is 2.58. The molecule has 0 aromatic carbocycles. The highest BCUT2D eigenvalue weighted by atomic mass is 16.6. The topological polar surface area (TPSA) is 61.8 Å². The number of hydrogen-bond acceptors (Lipinski definition) is 5. The molecule has 5 nitrogen and oxygen atoms in total. The molecule has 0 spiro atoms. The Morgan fingerprint density at radius 1 is 0.893 bits per heavy atom. The fourth-order valence-electron chi connectivity index (χ4n) is 3.62. The summed E-state index contributed by atoms with van der Waals surface area (Å²) in [5.41, 5.74) is -0.198. The quantitative estimate of drug-likeness (QED) is 0.450. The zero-order valence-electron chi connectivity index (χ0n) is 19.1. The van der Waals surface area contributed by atoms with Crippen LogP contribution >= 0.6 is 0 Å². The first-order chi connectivity index (χ1) is 13.0. The number of carbonyl (C=O) groups excluding carboxylic acids is 2. The van der Waals surface area contributed by atoms with Crippen molar-refractivity contribution in [1.29, 1.82) is 0 Å². The van der Waals surface area contributed by atoms with Crippen LogP contribution in [0.15, 0.2) is 0 Å². The highest BCUT2D eigenvalue weighted by Gasteiger charge is 2.34. The predicted octanol–water partition coefficient (Wildman–Crippen LogP) is 5.16. The second kappa shape index (κ2) is 11.8. The molecule has 0 bridgehead atoms. The van der Waals surface area contributed by atoms with Gasteiger partial charge in [-0.25, -0.2) is 0 Å². The van der Waals surface area contributed by atoms with E-state index in [2.05, 4.69) is 20.8 Å². The Kier molecular flexibility index (Phi) is 10.5. The third-order valence-corrected chi connectivity index (χ3v) is 5.53. The molecule has 1 fully saturated rings. The van der Waals surface area contributed by atoms with E-state index < -0.39 is 6.10 Å². The van der Waals surface area contributed by atoms with E-state index in [1.165, 1.54) is 0 Å². The summed E-state index contributed by atoms with van der Waals surface area (Å²) in [6, 6.07) is 0. The Bertz CT molecular complexity index is 475. The molecule has 0 aliphatic heterocycles. The molecule has 0 N–H and O–H groups in total. The minimum Gasteiger partial charge on any atom is -0.462 e. The van der Waals surface area contributed by atoms with Crippen LogP contribution in [0.4, 0.5) is 0 Å². The smallest absolute Gasteiger partial charge is 0.306 e. The first-order valence-corrected chi connectivity index (χ1v) is 11.0. The largest absolute Gasteiger partial charge is 0.462 e. The van der Waals surface area contributed by atoms with E-state index in [1.54, 1.807) is 0 Å². The number of hydrogen-bond donors (Lipinski definition) is 0. The van der Waals surface area contributed by atoms with Crippen molar-refractivity contribution in [3.05, 3.63) is 0 Å². The molecule has 0 heterocycles. The van der Waals surface area contributed by atoms with Gasteiger partial charge in [0, 0.05) is 12.8 Å². The van der Waals surface area contributed by atoms with Crippen molar-refractivity contribution < 1.29 is 23.8 Å².